The van der Waals surface area contributed by atoms with Gasteiger partial charge in [0.05, 0.1) is 24.9 Å². The van der Waals surface area contributed by atoms with Gasteiger partial charge in [-0.15, -0.1) is 0 Å². The molecular weight excluding hydrogens is 260 g/mol. The minimum atomic E-state index is -0.252. The first-order chi connectivity index (χ1) is 9.60. The van der Waals surface area contributed by atoms with Crippen molar-refractivity contribution in [3.05, 3.63) is 18.0 Å². The maximum absolute atomic E-state index is 11.9. The first-order valence-corrected chi connectivity index (χ1v) is 6.80. The number of methoxy groups -OCH3 is 1. The van der Waals surface area contributed by atoms with Gasteiger partial charge < -0.3 is 20.5 Å². The summed E-state index contributed by atoms with van der Waals surface area (Å²) in [5.74, 6) is 0.252. The number of aryl methyl sites for hydroxylation is 1. The molecule has 0 bridgehead atoms. The number of hydrogen-bond acceptors (Lipinski definition) is 4. The van der Waals surface area contributed by atoms with Gasteiger partial charge in [0.25, 0.3) is 0 Å². The highest BCUT2D eigenvalue weighted by atomic mass is 16.5. The van der Waals surface area contributed by atoms with Gasteiger partial charge in [-0.25, -0.2) is 4.79 Å². The molecule has 1 aliphatic rings. The molecule has 7 heteroatoms. The first kappa shape index (κ1) is 14.8. The summed E-state index contributed by atoms with van der Waals surface area (Å²) in [6.07, 6.45) is 4.81. The van der Waals surface area contributed by atoms with Gasteiger partial charge in [-0.2, -0.15) is 5.10 Å². The summed E-state index contributed by atoms with van der Waals surface area (Å²) in [6.45, 7) is 0.947. The Balaban J connectivity index is 1.94. The number of carbonyl (C=O) groups is 1. The zero-order valence-electron chi connectivity index (χ0n) is 11.9. The lowest BCUT2D eigenvalue weighted by Gasteiger charge is -2.37. The van der Waals surface area contributed by atoms with Gasteiger partial charge >= 0.3 is 6.03 Å². The molecule has 0 unspecified atom stereocenters. The number of nitrogens with zero attached hydrogens (tertiary/aromatic N) is 2. The normalized spacial score (nSPS) is 22.9. The van der Waals surface area contributed by atoms with Crippen LogP contribution in [0.15, 0.2) is 12.4 Å². The second-order valence-corrected chi connectivity index (χ2v) is 5.20. The first-order valence-electron chi connectivity index (χ1n) is 6.80. The molecule has 0 saturated heterocycles. The molecule has 0 radical (unpaired) electrons. The van der Waals surface area contributed by atoms with E-state index in [1.54, 1.807) is 18.0 Å². The van der Waals surface area contributed by atoms with E-state index in [0.717, 1.165) is 5.56 Å². The predicted octanol–water partition coefficient (Wildman–Crippen LogP) is 0.178. The predicted molar refractivity (Wildman–Crippen MR) is 73.1 cm³/mol. The van der Waals surface area contributed by atoms with E-state index in [2.05, 4.69) is 15.7 Å². The lowest BCUT2D eigenvalue weighted by molar-refractivity contribution is 0.0259. The summed E-state index contributed by atoms with van der Waals surface area (Å²) < 4.78 is 6.60. The Morgan fingerprint density at radius 3 is 2.95 bits per heavy atom. The van der Waals surface area contributed by atoms with Crippen LogP contribution >= 0.6 is 0 Å². The Hall–Kier alpha value is -1.60. The van der Waals surface area contributed by atoms with Crippen LogP contribution in [0.4, 0.5) is 4.79 Å². The maximum atomic E-state index is 11.9. The third-order valence-electron chi connectivity index (χ3n) is 3.58. The van der Waals surface area contributed by atoms with Crippen molar-refractivity contribution >= 4 is 6.03 Å². The Kier molecular flexibility index (Phi) is 4.97. The maximum Gasteiger partial charge on any atom is 0.315 e. The van der Waals surface area contributed by atoms with E-state index in [1.807, 2.05) is 13.2 Å². The molecule has 1 heterocycles. The number of amides is 2. The van der Waals surface area contributed by atoms with Crippen LogP contribution in [0.3, 0.4) is 0 Å². The summed E-state index contributed by atoms with van der Waals surface area (Å²) in [7, 11) is 3.43. The molecule has 3 N–H and O–H groups in total. The molecule has 1 fully saturated rings. The van der Waals surface area contributed by atoms with Crippen molar-refractivity contribution in [2.45, 2.75) is 25.0 Å². The second-order valence-electron chi connectivity index (χ2n) is 5.20. The number of aliphatic hydroxyl groups is 1. The fraction of sp³-hybridized carbons (Fsp3) is 0.692. The fourth-order valence-electron chi connectivity index (χ4n) is 2.44. The number of urea groups is 1. The molecule has 0 aliphatic heterocycles. The Morgan fingerprint density at radius 2 is 2.40 bits per heavy atom. The van der Waals surface area contributed by atoms with Gasteiger partial charge in [0.15, 0.2) is 0 Å². The Labute approximate surface area is 118 Å². The third-order valence-corrected chi connectivity index (χ3v) is 3.58. The molecular formula is C13H22N4O3. The van der Waals surface area contributed by atoms with Crippen molar-refractivity contribution in [3.8, 4) is 0 Å². The van der Waals surface area contributed by atoms with E-state index < -0.39 is 0 Å². The highest BCUT2D eigenvalue weighted by Gasteiger charge is 2.36. The fourth-order valence-corrected chi connectivity index (χ4v) is 2.44. The molecule has 1 atom stereocenters. The topological polar surface area (TPSA) is 88.4 Å². The van der Waals surface area contributed by atoms with Gasteiger partial charge in [0.2, 0.25) is 0 Å². The molecule has 1 saturated carbocycles. The standard InChI is InChI=1S/C13H22N4O3/c1-17-8-10(7-15-17)12(9-5-11(18)6-9)16-13(19)14-3-4-20-2/h7-9,11-12,18H,3-6H2,1-2H3,(H2,14,16,19)/t9?,11?,12-/m0/s1. The van der Waals surface area contributed by atoms with Crippen LogP contribution in [-0.2, 0) is 11.8 Å². The van der Waals surface area contributed by atoms with E-state index in [0.29, 0.717) is 26.0 Å². The van der Waals surface area contributed by atoms with Crippen LogP contribution in [0.5, 0.6) is 0 Å². The second kappa shape index (κ2) is 6.71. The molecule has 20 heavy (non-hydrogen) atoms. The summed E-state index contributed by atoms with van der Waals surface area (Å²) in [5, 5.41) is 19.3. The average Bonchev–Trinajstić information content (AvgIpc) is 2.79. The van der Waals surface area contributed by atoms with Crippen molar-refractivity contribution < 1.29 is 14.6 Å². The lowest BCUT2D eigenvalue weighted by Crippen LogP contribution is -2.45. The van der Waals surface area contributed by atoms with E-state index in [9.17, 15) is 9.90 Å². The van der Waals surface area contributed by atoms with E-state index in [4.69, 9.17) is 4.74 Å². The van der Waals surface area contributed by atoms with Crippen molar-refractivity contribution in [2.24, 2.45) is 13.0 Å². The monoisotopic (exact) mass is 282 g/mol. The SMILES string of the molecule is COCCNC(=O)N[C@H](c1cnn(C)c1)C1CC(O)C1. The Morgan fingerprint density at radius 1 is 1.65 bits per heavy atom. The lowest BCUT2D eigenvalue weighted by atomic mass is 9.75. The smallest absolute Gasteiger partial charge is 0.315 e. The summed E-state index contributed by atoms with van der Waals surface area (Å²) in [5.41, 5.74) is 0.964. The molecule has 0 aromatic carbocycles. The molecule has 1 aliphatic carbocycles. The molecule has 1 aromatic heterocycles. The van der Waals surface area contributed by atoms with Crippen LogP contribution in [0.1, 0.15) is 24.4 Å². The van der Waals surface area contributed by atoms with Gasteiger partial charge in [-0.3, -0.25) is 4.68 Å². The largest absolute Gasteiger partial charge is 0.393 e. The quantitative estimate of drug-likeness (QED) is 0.649. The summed E-state index contributed by atoms with van der Waals surface area (Å²) in [4.78, 5) is 11.9. The Bertz CT molecular complexity index is 443. The highest BCUT2D eigenvalue weighted by molar-refractivity contribution is 5.74. The number of aliphatic hydroxyl groups excluding tert-OH is 1. The average molecular weight is 282 g/mol. The van der Waals surface area contributed by atoms with Gasteiger partial charge in [-0.1, -0.05) is 0 Å². The van der Waals surface area contributed by atoms with Crippen LogP contribution in [-0.4, -0.2) is 47.3 Å². The zero-order valence-corrected chi connectivity index (χ0v) is 11.9. The molecule has 2 amide bonds. The van der Waals surface area contributed by atoms with Gasteiger partial charge in [-0.05, 0) is 18.8 Å². The van der Waals surface area contributed by atoms with Crippen LogP contribution in [0, 0.1) is 5.92 Å². The van der Waals surface area contributed by atoms with Crippen molar-refractivity contribution in [1.82, 2.24) is 20.4 Å². The van der Waals surface area contributed by atoms with Gasteiger partial charge in [0.1, 0.15) is 0 Å². The van der Waals surface area contributed by atoms with Crippen LogP contribution in [0.2, 0.25) is 0 Å². The molecule has 2 rings (SSSR count). The zero-order chi connectivity index (χ0) is 14.5. The summed E-state index contributed by atoms with van der Waals surface area (Å²) >= 11 is 0. The number of rotatable bonds is 6. The molecule has 0 spiro atoms. The number of ether oxygens (including phenoxy) is 1. The van der Waals surface area contributed by atoms with Crippen molar-refractivity contribution in [3.63, 3.8) is 0 Å². The van der Waals surface area contributed by atoms with E-state index in [1.165, 1.54) is 0 Å². The summed E-state index contributed by atoms with van der Waals surface area (Å²) in [6, 6.07) is -0.341. The van der Waals surface area contributed by atoms with Crippen molar-refractivity contribution in [1.29, 1.82) is 0 Å². The number of hydrogen-bond donors (Lipinski definition) is 3. The molecule has 1 aromatic rings. The number of carbonyl (C=O) groups excluding carboxylic acids is 1. The third kappa shape index (κ3) is 3.71. The highest BCUT2D eigenvalue weighted by Crippen LogP contribution is 2.37. The molecule has 7 nitrogen and oxygen atoms in total. The number of nitrogens with one attached hydrogen (secondary N) is 2. The molecule has 112 valence electrons. The van der Waals surface area contributed by atoms with Crippen LogP contribution < -0.4 is 10.6 Å². The van der Waals surface area contributed by atoms with E-state index in [-0.39, 0.29) is 24.1 Å². The minimum absolute atomic E-state index is 0.116. The number of aromatic nitrogens is 2. The van der Waals surface area contributed by atoms with Gasteiger partial charge in [0, 0.05) is 32.5 Å². The van der Waals surface area contributed by atoms with Crippen LogP contribution in [0.25, 0.3) is 0 Å². The van der Waals surface area contributed by atoms with Crippen molar-refractivity contribution in [2.75, 3.05) is 20.3 Å². The minimum Gasteiger partial charge on any atom is -0.393 e. The van der Waals surface area contributed by atoms with E-state index >= 15 is 0 Å².